The van der Waals surface area contributed by atoms with E-state index in [1.807, 2.05) is 0 Å². The second kappa shape index (κ2) is 9.80. The van der Waals surface area contributed by atoms with Gasteiger partial charge in [0.2, 0.25) is 5.91 Å². The summed E-state index contributed by atoms with van der Waals surface area (Å²) in [6.07, 6.45) is 0.909. The van der Waals surface area contributed by atoms with Crippen molar-refractivity contribution in [3.63, 3.8) is 0 Å². The molecule has 1 aliphatic heterocycles. The number of amidine groups is 1. The first-order valence-electron chi connectivity index (χ1n) is 8.78. The van der Waals surface area contributed by atoms with E-state index in [9.17, 15) is 24.1 Å². The van der Waals surface area contributed by atoms with E-state index in [-0.39, 0.29) is 29.6 Å². The summed E-state index contributed by atoms with van der Waals surface area (Å²) in [5.41, 5.74) is 0.722. The van der Waals surface area contributed by atoms with Crippen LogP contribution in [0.5, 0.6) is 5.75 Å². The molecule has 1 heterocycles. The highest BCUT2D eigenvalue weighted by atomic mass is 32.2. The van der Waals surface area contributed by atoms with Gasteiger partial charge in [-0.2, -0.15) is 5.10 Å². The fourth-order valence-corrected chi connectivity index (χ4v) is 3.43. The summed E-state index contributed by atoms with van der Waals surface area (Å²) in [6, 6.07) is 9.75. The van der Waals surface area contributed by atoms with Crippen LogP contribution >= 0.6 is 11.8 Å². The molecule has 0 aliphatic carbocycles. The van der Waals surface area contributed by atoms with Crippen molar-refractivity contribution < 1.29 is 28.7 Å². The quantitative estimate of drug-likeness (QED) is 0.360. The highest BCUT2D eigenvalue weighted by Crippen LogP contribution is 2.28. The van der Waals surface area contributed by atoms with Crippen molar-refractivity contribution in [2.75, 3.05) is 0 Å². The highest BCUT2D eigenvalue weighted by Gasteiger charge is 2.32. The molecule has 2 aromatic carbocycles. The van der Waals surface area contributed by atoms with Gasteiger partial charge in [0.25, 0.3) is 0 Å². The van der Waals surface area contributed by atoms with Gasteiger partial charge in [0.1, 0.15) is 17.7 Å². The van der Waals surface area contributed by atoms with Crippen LogP contribution in [0.1, 0.15) is 17.5 Å². The van der Waals surface area contributed by atoms with Crippen LogP contribution in [0.15, 0.2) is 52.7 Å². The monoisotopic (exact) mass is 446 g/mol. The molecule has 0 bridgehead atoms. The lowest BCUT2D eigenvalue weighted by molar-refractivity contribution is -0.385. The standard InChI is InChI=1S/C19H15FN4O6S/c20-13-4-1-11(2-5-13)10-30-15-6-3-12(7-14(15)24(28)29)9-21-23-19-22-18(27)16(31-19)8-17(25)26/h1-7,9,16H,8,10H2,(H,25,26)(H,22,23,27). The Bertz CT molecular complexity index is 1070. The fraction of sp³-hybridized carbons (Fsp3) is 0.158. The van der Waals surface area contributed by atoms with Gasteiger partial charge in [-0.05, 0) is 29.8 Å². The molecule has 160 valence electrons. The molecule has 12 heteroatoms. The number of carboxylic acids is 1. The van der Waals surface area contributed by atoms with Crippen molar-refractivity contribution in [2.45, 2.75) is 18.3 Å². The number of nitro groups is 1. The minimum absolute atomic E-state index is 0.0244. The Balaban J connectivity index is 1.67. The van der Waals surface area contributed by atoms with Crippen molar-refractivity contribution >= 4 is 40.7 Å². The third kappa shape index (κ3) is 6.09. The molecular weight excluding hydrogens is 431 g/mol. The van der Waals surface area contributed by atoms with Gasteiger partial charge in [0.05, 0.1) is 17.6 Å². The normalized spacial score (nSPS) is 17.1. The Morgan fingerprint density at radius 1 is 1.32 bits per heavy atom. The Hall–Kier alpha value is -3.80. The lowest BCUT2D eigenvalue weighted by atomic mass is 10.2. The molecule has 3 rings (SSSR count). The molecule has 1 saturated heterocycles. The van der Waals surface area contributed by atoms with Crippen LogP contribution in [0, 0.1) is 15.9 Å². The van der Waals surface area contributed by atoms with Gasteiger partial charge in [-0.15, -0.1) is 5.10 Å². The van der Waals surface area contributed by atoms with Gasteiger partial charge in [0.15, 0.2) is 10.9 Å². The van der Waals surface area contributed by atoms with E-state index in [2.05, 4.69) is 15.5 Å². The van der Waals surface area contributed by atoms with E-state index in [1.165, 1.54) is 48.7 Å². The third-order valence-electron chi connectivity index (χ3n) is 3.98. The van der Waals surface area contributed by atoms with Crippen LogP contribution in [-0.4, -0.2) is 38.5 Å². The van der Waals surface area contributed by atoms with E-state index >= 15 is 0 Å². The molecule has 0 aromatic heterocycles. The summed E-state index contributed by atoms with van der Waals surface area (Å²) in [5.74, 6) is -1.94. The number of hydrogen-bond acceptors (Lipinski definition) is 8. The van der Waals surface area contributed by atoms with E-state index in [1.54, 1.807) is 0 Å². The van der Waals surface area contributed by atoms with Crippen molar-refractivity contribution in [3.05, 3.63) is 69.5 Å². The lowest BCUT2D eigenvalue weighted by Gasteiger charge is -2.07. The number of thioether (sulfide) groups is 1. The summed E-state index contributed by atoms with van der Waals surface area (Å²) >= 11 is 0.941. The number of hydrogen-bond donors (Lipinski definition) is 2. The molecule has 1 atom stereocenters. The summed E-state index contributed by atoms with van der Waals surface area (Å²) in [5, 5.41) is 29.5. The predicted octanol–water partition coefficient (Wildman–Crippen LogP) is 2.71. The van der Waals surface area contributed by atoms with Crippen molar-refractivity contribution in [3.8, 4) is 5.75 Å². The molecule has 0 saturated carbocycles. The lowest BCUT2D eigenvalue weighted by Crippen LogP contribution is -2.26. The van der Waals surface area contributed by atoms with Gasteiger partial charge in [-0.1, -0.05) is 23.9 Å². The molecule has 2 aromatic rings. The summed E-state index contributed by atoms with van der Waals surface area (Å²) in [6.45, 7) is 0.0244. The van der Waals surface area contributed by atoms with Crippen molar-refractivity contribution in [1.29, 1.82) is 0 Å². The largest absolute Gasteiger partial charge is 0.482 e. The molecule has 1 aliphatic rings. The fourth-order valence-electron chi connectivity index (χ4n) is 2.51. The van der Waals surface area contributed by atoms with Crippen LogP contribution < -0.4 is 10.1 Å². The number of carboxylic acid groups (broad SMARTS) is 1. The van der Waals surface area contributed by atoms with Crippen LogP contribution in [0.25, 0.3) is 0 Å². The molecule has 1 unspecified atom stereocenters. The molecule has 1 fully saturated rings. The minimum Gasteiger partial charge on any atom is -0.482 e. The molecular formula is C19H15FN4O6S. The first kappa shape index (κ1) is 21.9. The summed E-state index contributed by atoms with van der Waals surface area (Å²) in [7, 11) is 0. The number of nitro benzene ring substituents is 1. The number of carbonyl (C=O) groups is 2. The number of amides is 1. The Morgan fingerprint density at radius 2 is 2.06 bits per heavy atom. The summed E-state index contributed by atoms with van der Waals surface area (Å²) < 4.78 is 18.4. The summed E-state index contributed by atoms with van der Waals surface area (Å²) in [4.78, 5) is 33.1. The van der Waals surface area contributed by atoms with Gasteiger partial charge in [-0.25, -0.2) is 4.39 Å². The maximum absolute atomic E-state index is 13.0. The number of benzene rings is 2. The van der Waals surface area contributed by atoms with E-state index in [0.29, 0.717) is 11.1 Å². The number of ether oxygens (including phenoxy) is 1. The maximum Gasteiger partial charge on any atom is 0.311 e. The molecule has 10 nitrogen and oxygen atoms in total. The maximum atomic E-state index is 13.0. The average molecular weight is 446 g/mol. The second-order valence-corrected chi connectivity index (χ2v) is 7.43. The number of aliphatic carboxylic acids is 1. The number of nitrogens with one attached hydrogen (secondary N) is 1. The minimum atomic E-state index is -1.11. The molecule has 0 radical (unpaired) electrons. The Kier molecular flexibility index (Phi) is 6.92. The number of rotatable bonds is 8. The van der Waals surface area contributed by atoms with Crippen LogP contribution in [0.2, 0.25) is 0 Å². The van der Waals surface area contributed by atoms with Gasteiger partial charge in [0, 0.05) is 11.6 Å². The first-order chi connectivity index (χ1) is 14.8. The molecule has 31 heavy (non-hydrogen) atoms. The Morgan fingerprint density at radius 3 is 2.74 bits per heavy atom. The van der Waals surface area contributed by atoms with Crippen molar-refractivity contribution in [2.24, 2.45) is 10.2 Å². The van der Waals surface area contributed by atoms with Crippen LogP contribution in [0.4, 0.5) is 10.1 Å². The van der Waals surface area contributed by atoms with Gasteiger partial charge >= 0.3 is 11.7 Å². The van der Waals surface area contributed by atoms with E-state index in [0.717, 1.165) is 11.8 Å². The number of nitrogens with zero attached hydrogens (tertiary/aromatic N) is 3. The predicted molar refractivity (Wildman–Crippen MR) is 111 cm³/mol. The van der Waals surface area contributed by atoms with Crippen LogP contribution in [-0.2, 0) is 16.2 Å². The smallest absolute Gasteiger partial charge is 0.311 e. The van der Waals surface area contributed by atoms with E-state index in [4.69, 9.17) is 9.84 Å². The third-order valence-corrected chi connectivity index (χ3v) is 5.05. The van der Waals surface area contributed by atoms with Gasteiger partial charge in [-0.3, -0.25) is 19.7 Å². The highest BCUT2D eigenvalue weighted by molar-refractivity contribution is 8.15. The molecule has 0 spiro atoms. The van der Waals surface area contributed by atoms with Gasteiger partial charge < -0.3 is 15.2 Å². The zero-order valence-electron chi connectivity index (χ0n) is 15.7. The molecule has 2 N–H and O–H groups in total. The van der Waals surface area contributed by atoms with E-state index < -0.39 is 27.9 Å². The van der Waals surface area contributed by atoms with Crippen molar-refractivity contribution in [1.82, 2.24) is 5.32 Å². The molecule has 1 amide bonds. The Labute approximate surface area is 179 Å². The zero-order chi connectivity index (χ0) is 22.4. The average Bonchev–Trinajstić information content (AvgIpc) is 3.06. The first-order valence-corrected chi connectivity index (χ1v) is 9.66. The second-order valence-electron chi connectivity index (χ2n) is 6.24. The topological polar surface area (TPSA) is 143 Å². The number of carbonyl (C=O) groups excluding carboxylic acids is 1. The zero-order valence-corrected chi connectivity index (χ0v) is 16.5. The SMILES string of the molecule is O=C(O)CC1SC(=NN=Cc2ccc(OCc3ccc(F)cc3)c([N+](=O)[O-])c2)NC1=O. The number of halogens is 1. The van der Waals surface area contributed by atoms with Crippen LogP contribution in [0.3, 0.4) is 0 Å².